The van der Waals surface area contributed by atoms with E-state index in [9.17, 15) is 14.3 Å². The standard InChI is InChI=1S/C12H16FNO3/c1-7-3-4-9(10(13)5-7)12(17)14-11(6-15)8(2)16/h3-5,8,11,15-16H,6H2,1-2H3,(H,14,17)/t8-,11+/m1/s1. The van der Waals surface area contributed by atoms with Crippen molar-refractivity contribution in [2.45, 2.75) is 26.0 Å². The van der Waals surface area contributed by atoms with Crippen LogP contribution in [-0.2, 0) is 0 Å². The van der Waals surface area contributed by atoms with Gasteiger partial charge in [0.05, 0.1) is 24.3 Å². The van der Waals surface area contributed by atoms with E-state index in [1.54, 1.807) is 13.0 Å². The van der Waals surface area contributed by atoms with Crippen molar-refractivity contribution in [2.24, 2.45) is 0 Å². The molecule has 0 spiro atoms. The van der Waals surface area contributed by atoms with Crippen molar-refractivity contribution in [1.82, 2.24) is 5.32 Å². The van der Waals surface area contributed by atoms with Gasteiger partial charge in [0.1, 0.15) is 5.82 Å². The first-order valence-corrected chi connectivity index (χ1v) is 5.31. The number of aryl methyl sites for hydroxylation is 1. The molecule has 3 N–H and O–H groups in total. The van der Waals surface area contributed by atoms with Gasteiger partial charge in [-0.05, 0) is 31.5 Å². The smallest absolute Gasteiger partial charge is 0.254 e. The summed E-state index contributed by atoms with van der Waals surface area (Å²) in [5.41, 5.74) is 0.614. The Morgan fingerprint density at radius 2 is 2.18 bits per heavy atom. The van der Waals surface area contributed by atoms with Gasteiger partial charge in [-0.1, -0.05) is 6.07 Å². The molecule has 0 unspecified atom stereocenters. The third kappa shape index (κ3) is 3.51. The van der Waals surface area contributed by atoms with Gasteiger partial charge in [-0.25, -0.2) is 4.39 Å². The van der Waals surface area contributed by atoms with Gasteiger partial charge in [0, 0.05) is 0 Å². The summed E-state index contributed by atoms with van der Waals surface area (Å²) in [6.45, 7) is 2.75. The first kappa shape index (κ1) is 13.6. The number of benzene rings is 1. The van der Waals surface area contributed by atoms with Crippen LogP contribution in [0.3, 0.4) is 0 Å². The number of rotatable bonds is 4. The van der Waals surface area contributed by atoms with Gasteiger partial charge in [0.25, 0.3) is 5.91 Å². The van der Waals surface area contributed by atoms with E-state index in [0.717, 1.165) is 0 Å². The third-order valence-corrected chi connectivity index (χ3v) is 2.46. The predicted molar refractivity (Wildman–Crippen MR) is 61.2 cm³/mol. The van der Waals surface area contributed by atoms with E-state index in [0.29, 0.717) is 5.56 Å². The minimum atomic E-state index is -0.905. The van der Waals surface area contributed by atoms with Crippen molar-refractivity contribution in [3.05, 3.63) is 35.1 Å². The van der Waals surface area contributed by atoms with Crippen LogP contribution in [0, 0.1) is 12.7 Å². The van der Waals surface area contributed by atoms with E-state index in [1.807, 2.05) is 0 Å². The van der Waals surface area contributed by atoms with Gasteiger partial charge < -0.3 is 15.5 Å². The van der Waals surface area contributed by atoms with Crippen LogP contribution < -0.4 is 5.32 Å². The van der Waals surface area contributed by atoms with Gasteiger partial charge in [0.2, 0.25) is 0 Å². The average Bonchev–Trinajstić information content (AvgIpc) is 2.24. The Morgan fingerprint density at radius 3 is 2.65 bits per heavy atom. The first-order valence-electron chi connectivity index (χ1n) is 5.31. The first-order chi connectivity index (χ1) is 7.95. The Labute approximate surface area is 99.1 Å². The second kappa shape index (κ2) is 5.75. The summed E-state index contributed by atoms with van der Waals surface area (Å²) in [6.07, 6.45) is -0.905. The molecule has 0 bridgehead atoms. The zero-order valence-corrected chi connectivity index (χ0v) is 9.77. The van der Waals surface area contributed by atoms with Crippen LogP contribution >= 0.6 is 0 Å². The number of carbonyl (C=O) groups is 1. The van der Waals surface area contributed by atoms with Crippen LogP contribution in [0.4, 0.5) is 4.39 Å². The van der Waals surface area contributed by atoms with E-state index in [4.69, 9.17) is 5.11 Å². The third-order valence-electron chi connectivity index (χ3n) is 2.46. The molecule has 5 heteroatoms. The molecular weight excluding hydrogens is 225 g/mol. The lowest BCUT2D eigenvalue weighted by Crippen LogP contribution is -2.44. The van der Waals surface area contributed by atoms with E-state index in [1.165, 1.54) is 19.1 Å². The second-order valence-electron chi connectivity index (χ2n) is 3.99. The minimum absolute atomic E-state index is 0.102. The summed E-state index contributed by atoms with van der Waals surface area (Å²) < 4.78 is 13.5. The molecule has 0 saturated carbocycles. The number of nitrogens with one attached hydrogen (secondary N) is 1. The van der Waals surface area contributed by atoms with Gasteiger partial charge >= 0.3 is 0 Å². The lowest BCUT2D eigenvalue weighted by molar-refractivity contribution is 0.0754. The molecule has 0 saturated heterocycles. The number of aliphatic hydroxyl groups is 2. The van der Waals surface area contributed by atoms with Gasteiger partial charge in [-0.15, -0.1) is 0 Å². The Kier molecular flexibility index (Phi) is 4.60. The summed E-state index contributed by atoms with van der Waals surface area (Å²) in [5.74, 6) is -1.27. The van der Waals surface area contributed by atoms with Crippen LogP contribution in [0.2, 0.25) is 0 Å². The average molecular weight is 241 g/mol. The Hall–Kier alpha value is -1.46. The maximum atomic E-state index is 13.5. The highest BCUT2D eigenvalue weighted by Gasteiger charge is 2.19. The van der Waals surface area contributed by atoms with Crippen molar-refractivity contribution in [3.63, 3.8) is 0 Å². The SMILES string of the molecule is Cc1ccc(C(=O)N[C@@H](CO)[C@@H](C)O)c(F)c1. The summed E-state index contributed by atoms with van der Waals surface area (Å²) in [4.78, 5) is 11.7. The monoisotopic (exact) mass is 241 g/mol. The lowest BCUT2D eigenvalue weighted by Gasteiger charge is -2.19. The number of amides is 1. The molecule has 94 valence electrons. The largest absolute Gasteiger partial charge is 0.394 e. The highest BCUT2D eigenvalue weighted by Crippen LogP contribution is 2.10. The van der Waals surface area contributed by atoms with E-state index >= 15 is 0 Å². The highest BCUT2D eigenvalue weighted by atomic mass is 19.1. The molecule has 0 radical (unpaired) electrons. The molecule has 0 aliphatic carbocycles. The number of hydrogen-bond acceptors (Lipinski definition) is 3. The van der Waals surface area contributed by atoms with Crippen LogP contribution in [0.15, 0.2) is 18.2 Å². The fraction of sp³-hybridized carbons (Fsp3) is 0.417. The van der Waals surface area contributed by atoms with Gasteiger partial charge in [0.15, 0.2) is 0 Å². The molecule has 0 aliphatic heterocycles. The molecule has 1 rings (SSSR count). The van der Waals surface area contributed by atoms with Crippen molar-refractivity contribution in [3.8, 4) is 0 Å². The van der Waals surface area contributed by atoms with E-state index in [-0.39, 0.29) is 5.56 Å². The Bertz CT molecular complexity index is 407. The molecule has 4 nitrogen and oxygen atoms in total. The molecule has 0 fully saturated rings. The molecule has 1 aromatic carbocycles. The van der Waals surface area contributed by atoms with Crippen molar-refractivity contribution in [1.29, 1.82) is 0 Å². The highest BCUT2D eigenvalue weighted by molar-refractivity contribution is 5.94. The summed E-state index contributed by atoms with van der Waals surface area (Å²) in [5, 5.41) is 20.6. The molecule has 17 heavy (non-hydrogen) atoms. The van der Waals surface area contributed by atoms with Crippen molar-refractivity contribution >= 4 is 5.91 Å². The second-order valence-corrected chi connectivity index (χ2v) is 3.99. The van der Waals surface area contributed by atoms with E-state index in [2.05, 4.69) is 5.32 Å². The van der Waals surface area contributed by atoms with Gasteiger partial charge in [-0.3, -0.25) is 4.79 Å². The molecule has 0 heterocycles. The van der Waals surface area contributed by atoms with Gasteiger partial charge in [-0.2, -0.15) is 0 Å². The molecular formula is C12H16FNO3. The molecule has 0 aliphatic rings. The topological polar surface area (TPSA) is 69.6 Å². The van der Waals surface area contributed by atoms with Crippen LogP contribution in [0.5, 0.6) is 0 Å². The normalized spacial score (nSPS) is 14.2. The zero-order chi connectivity index (χ0) is 13.0. The lowest BCUT2D eigenvalue weighted by atomic mass is 10.1. The number of carbonyl (C=O) groups excluding carboxylic acids is 1. The zero-order valence-electron chi connectivity index (χ0n) is 9.77. The summed E-state index contributed by atoms with van der Waals surface area (Å²) in [7, 11) is 0. The van der Waals surface area contributed by atoms with E-state index < -0.39 is 30.5 Å². The maximum Gasteiger partial charge on any atom is 0.254 e. The molecule has 1 amide bonds. The number of hydrogen-bond donors (Lipinski definition) is 3. The summed E-state index contributed by atoms with van der Waals surface area (Å²) in [6, 6.07) is 3.44. The van der Waals surface area contributed by atoms with Crippen LogP contribution in [-0.4, -0.2) is 34.9 Å². The van der Waals surface area contributed by atoms with Crippen LogP contribution in [0.1, 0.15) is 22.8 Å². The number of aliphatic hydroxyl groups excluding tert-OH is 2. The minimum Gasteiger partial charge on any atom is -0.394 e. The Balaban J connectivity index is 2.82. The summed E-state index contributed by atoms with van der Waals surface area (Å²) >= 11 is 0. The fourth-order valence-electron chi connectivity index (χ4n) is 1.37. The fourth-order valence-corrected chi connectivity index (χ4v) is 1.37. The number of halogens is 1. The molecule has 2 atom stereocenters. The van der Waals surface area contributed by atoms with Crippen LogP contribution in [0.25, 0.3) is 0 Å². The van der Waals surface area contributed by atoms with Crippen molar-refractivity contribution < 1.29 is 19.4 Å². The predicted octanol–water partition coefficient (Wildman–Crippen LogP) is 0.606. The molecule has 1 aromatic rings. The Morgan fingerprint density at radius 1 is 1.53 bits per heavy atom. The van der Waals surface area contributed by atoms with Crippen molar-refractivity contribution in [2.75, 3.05) is 6.61 Å². The quantitative estimate of drug-likeness (QED) is 0.723. The molecule has 0 aromatic heterocycles. The maximum absolute atomic E-state index is 13.5.